The fraction of sp³-hybridized carbons (Fsp3) is 0.900. The van der Waals surface area contributed by atoms with Crippen LogP contribution < -0.4 is 5.32 Å². The highest BCUT2D eigenvalue weighted by Crippen LogP contribution is 2.59. The third-order valence-corrected chi connectivity index (χ3v) is 7.21. The first kappa shape index (κ1) is 17.3. The maximum atomic E-state index is 12.3. The van der Waals surface area contributed by atoms with Crippen LogP contribution in [0.15, 0.2) is 0 Å². The van der Waals surface area contributed by atoms with Gasteiger partial charge in [0, 0.05) is 32.5 Å². The Morgan fingerprint density at radius 1 is 0.960 bits per heavy atom. The fourth-order valence-corrected chi connectivity index (χ4v) is 6.37. The summed E-state index contributed by atoms with van der Waals surface area (Å²) >= 11 is 0. The Bertz CT molecular complexity index is 490. The average Bonchev–Trinajstić information content (AvgIpc) is 2.57. The predicted octanol–water partition coefficient (Wildman–Crippen LogP) is 2.08. The Morgan fingerprint density at radius 2 is 1.52 bits per heavy atom. The standard InChI is InChI=1S/C20H32N2O3/c23-17-3-5-22(6-4-17)19(25)2-1-18(24)21-13-20-10-14-7-15(11-20)9-16(8-14)12-20/h14-17,23H,1-13H2,(H,21,24). The van der Waals surface area contributed by atoms with Gasteiger partial charge in [0.05, 0.1) is 6.10 Å². The van der Waals surface area contributed by atoms with Crippen molar-refractivity contribution in [1.29, 1.82) is 0 Å². The molecule has 5 rings (SSSR count). The number of nitrogens with one attached hydrogen (secondary N) is 1. The van der Waals surface area contributed by atoms with Gasteiger partial charge in [0.1, 0.15) is 0 Å². The molecule has 0 radical (unpaired) electrons. The molecule has 0 atom stereocenters. The number of carbonyl (C=O) groups is 2. The molecule has 4 aliphatic carbocycles. The molecule has 0 aromatic rings. The summed E-state index contributed by atoms with van der Waals surface area (Å²) in [7, 11) is 0. The van der Waals surface area contributed by atoms with E-state index in [1.165, 1.54) is 38.5 Å². The number of rotatable bonds is 5. The molecule has 1 saturated heterocycles. The Morgan fingerprint density at radius 3 is 2.08 bits per heavy atom. The zero-order valence-electron chi connectivity index (χ0n) is 15.2. The quantitative estimate of drug-likeness (QED) is 0.799. The van der Waals surface area contributed by atoms with Gasteiger partial charge in [-0.3, -0.25) is 9.59 Å². The van der Waals surface area contributed by atoms with Gasteiger partial charge >= 0.3 is 0 Å². The van der Waals surface area contributed by atoms with Crippen molar-refractivity contribution in [3.63, 3.8) is 0 Å². The van der Waals surface area contributed by atoms with E-state index in [0.29, 0.717) is 44.2 Å². The maximum absolute atomic E-state index is 12.3. The molecule has 1 aliphatic heterocycles. The van der Waals surface area contributed by atoms with Gasteiger partial charge in [-0.1, -0.05) is 0 Å². The van der Waals surface area contributed by atoms with E-state index in [9.17, 15) is 14.7 Å². The topological polar surface area (TPSA) is 69.6 Å². The highest BCUT2D eigenvalue weighted by atomic mass is 16.3. The van der Waals surface area contributed by atoms with E-state index in [-0.39, 0.29) is 17.9 Å². The van der Waals surface area contributed by atoms with Crippen LogP contribution in [0.25, 0.3) is 0 Å². The van der Waals surface area contributed by atoms with E-state index in [2.05, 4.69) is 5.32 Å². The highest BCUT2D eigenvalue weighted by Gasteiger charge is 2.50. The van der Waals surface area contributed by atoms with Crippen LogP contribution in [0.3, 0.4) is 0 Å². The van der Waals surface area contributed by atoms with Crippen LogP contribution in [-0.4, -0.2) is 47.6 Å². The lowest BCUT2D eigenvalue weighted by Crippen LogP contribution is -2.51. The Labute approximate surface area is 150 Å². The Balaban J connectivity index is 1.20. The number of aliphatic hydroxyl groups is 1. The van der Waals surface area contributed by atoms with Crippen LogP contribution in [0.1, 0.15) is 64.2 Å². The van der Waals surface area contributed by atoms with Gasteiger partial charge in [-0.25, -0.2) is 0 Å². The van der Waals surface area contributed by atoms with Crippen LogP contribution in [0.2, 0.25) is 0 Å². The van der Waals surface area contributed by atoms with E-state index in [1.807, 2.05) is 0 Å². The normalized spacial score (nSPS) is 37.3. The second kappa shape index (κ2) is 6.90. The van der Waals surface area contributed by atoms with Gasteiger partial charge in [-0.15, -0.1) is 0 Å². The summed E-state index contributed by atoms with van der Waals surface area (Å²) in [5.74, 6) is 2.79. The largest absolute Gasteiger partial charge is 0.393 e. The minimum absolute atomic E-state index is 0.0288. The van der Waals surface area contributed by atoms with Gasteiger partial charge in [-0.2, -0.15) is 0 Å². The first-order valence-corrected chi connectivity index (χ1v) is 10.2. The average molecular weight is 348 g/mol. The summed E-state index contributed by atoms with van der Waals surface area (Å²) in [4.78, 5) is 26.2. The van der Waals surface area contributed by atoms with Crippen LogP contribution in [0.5, 0.6) is 0 Å². The molecule has 140 valence electrons. The van der Waals surface area contributed by atoms with Gasteiger partial charge < -0.3 is 15.3 Å². The molecule has 25 heavy (non-hydrogen) atoms. The molecule has 1 heterocycles. The first-order valence-electron chi connectivity index (χ1n) is 10.2. The van der Waals surface area contributed by atoms with Gasteiger partial charge in [-0.05, 0) is 74.5 Å². The van der Waals surface area contributed by atoms with Crippen molar-refractivity contribution in [2.75, 3.05) is 19.6 Å². The van der Waals surface area contributed by atoms with Crippen molar-refractivity contribution in [2.24, 2.45) is 23.2 Å². The lowest BCUT2D eigenvalue weighted by atomic mass is 9.49. The molecular formula is C20H32N2O3. The van der Waals surface area contributed by atoms with Gasteiger partial charge in [0.25, 0.3) is 0 Å². The van der Waals surface area contributed by atoms with Crippen molar-refractivity contribution >= 4 is 11.8 Å². The molecule has 5 fully saturated rings. The van der Waals surface area contributed by atoms with Crippen LogP contribution >= 0.6 is 0 Å². The highest BCUT2D eigenvalue weighted by molar-refractivity contribution is 5.83. The molecular weight excluding hydrogens is 316 g/mol. The first-order chi connectivity index (χ1) is 12.0. The summed E-state index contributed by atoms with van der Waals surface area (Å²) in [6.07, 6.45) is 9.80. The molecule has 2 amide bonds. The number of aliphatic hydroxyl groups excluding tert-OH is 1. The van der Waals surface area contributed by atoms with Crippen LogP contribution in [-0.2, 0) is 9.59 Å². The monoisotopic (exact) mass is 348 g/mol. The van der Waals surface area contributed by atoms with Gasteiger partial charge in [0.2, 0.25) is 11.8 Å². The summed E-state index contributed by atoms with van der Waals surface area (Å²) < 4.78 is 0. The van der Waals surface area contributed by atoms with Crippen molar-refractivity contribution in [3.8, 4) is 0 Å². The molecule has 0 aromatic heterocycles. The fourth-order valence-electron chi connectivity index (χ4n) is 6.37. The van der Waals surface area contributed by atoms with E-state index < -0.39 is 0 Å². The molecule has 0 unspecified atom stereocenters. The van der Waals surface area contributed by atoms with Gasteiger partial charge in [0.15, 0.2) is 0 Å². The number of hydrogen-bond donors (Lipinski definition) is 2. The van der Waals surface area contributed by atoms with E-state index in [0.717, 1.165) is 24.3 Å². The summed E-state index contributed by atoms with van der Waals surface area (Å²) in [5.41, 5.74) is 0.359. The third kappa shape index (κ3) is 3.86. The van der Waals surface area contributed by atoms with E-state index in [4.69, 9.17) is 0 Å². The number of likely N-dealkylation sites (tertiary alicyclic amines) is 1. The van der Waals surface area contributed by atoms with Crippen molar-refractivity contribution in [1.82, 2.24) is 10.2 Å². The van der Waals surface area contributed by atoms with Crippen molar-refractivity contribution in [3.05, 3.63) is 0 Å². The number of carbonyl (C=O) groups excluding carboxylic acids is 2. The van der Waals surface area contributed by atoms with Crippen LogP contribution in [0.4, 0.5) is 0 Å². The summed E-state index contributed by atoms with van der Waals surface area (Å²) in [6, 6.07) is 0. The molecule has 4 saturated carbocycles. The SMILES string of the molecule is O=C(CCC(=O)N1CCC(O)CC1)NCC12CC3CC(CC(C3)C1)C2. The summed E-state index contributed by atoms with van der Waals surface area (Å²) in [6.45, 7) is 2.06. The van der Waals surface area contributed by atoms with Crippen LogP contribution in [0, 0.1) is 23.2 Å². The molecule has 4 bridgehead atoms. The molecule has 0 aromatic carbocycles. The molecule has 0 spiro atoms. The van der Waals surface area contributed by atoms with E-state index in [1.54, 1.807) is 4.90 Å². The third-order valence-electron chi connectivity index (χ3n) is 7.21. The summed E-state index contributed by atoms with van der Waals surface area (Å²) in [5, 5.41) is 12.7. The second-order valence-corrected chi connectivity index (χ2v) is 9.31. The molecule has 2 N–H and O–H groups in total. The minimum atomic E-state index is -0.271. The molecule has 5 aliphatic rings. The van der Waals surface area contributed by atoms with Crippen molar-refractivity contribution in [2.45, 2.75) is 70.3 Å². The number of hydrogen-bond acceptors (Lipinski definition) is 3. The minimum Gasteiger partial charge on any atom is -0.393 e. The zero-order valence-corrected chi connectivity index (χ0v) is 15.2. The zero-order chi connectivity index (χ0) is 17.4. The number of nitrogens with zero attached hydrogens (tertiary/aromatic N) is 1. The predicted molar refractivity (Wildman–Crippen MR) is 94.7 cm³/mol. The Hall–Kier alpha value is -1.10. The Kier molecular flexibility index (Phi) is 4.78. The second-order valence-electron chi connectivity index (χ2n) is 9.31. The smallest absolute Gasteiger partial charge is 0.223 e. The lowest BCUT2D eigenvalue weighted by Gasteiger charge is -2.56. The maximum Gasteiger partial charge on any atom is 0.223 e. The molecule has 5 nitrogen and oxygen atoms in total. The number of piperidine rings is 1. The number of amides is 2. The van der Waals surface area contributed by atoms with Crippen molar-refractivity contribution < 1.29 is 14.7 Å². The van der Waals surface area contributed by atoms with E-state index >= 15 is 0 Å². The molecule has 5 heteroatoms. The lowest BCUT2D eigenvalue weighted by molar-refractivity contribution is -0.135.